The Labute approximate surface area is 157 Å². The molecule has 26 heavy (non-hydrogen) atoms. The van der Waals surface area contributed by atoms with Crippen molar-refractivity contribution in [2.24, 2.45) is 0 Å². The topological polar surface area (TPSA) is 79.0 Å². The summed E-state index contributed by atoms with van der Waals surface area (Å²) in [5, 5.41) is 0. The standard InChI is InChI=1S/C16H22FN3O4S2/c1-2-24-16(21)19-6-8-20(9-7-19)26(22,23)18-14-5-10-25-15-4-3-12(17)11-13(14)15/h3-4,11,14,18H,2,5-10H2,1H3. The van der Waals surface area contributed by atoms with Crippen molar-refractivity contribution in [3.63, 3.8) is 0 Å². The molecule has 3 rings (SSSR count). The molecule has 0 spiro atoms. The van der Waals surface area contributed by atoms with Gasteiger partial charge in [-0.2, -0.15) is 17.4 Å². The van der Waals surface area contributed by atoms with Gasteiger partial charge < -0.3 is 9.64 Å². The second-order valence-electron chi connectivity index (χ2n) is 6.08. The number of piperazine rings is 1. The molecule has 1 saturated heterocycles. The maximum atomic E-state index is 13.6. The number of halogens is 1. The molecule has 0 radical (unpaired) electrons. The molecule has 1 aromatic rings. The van der Waals surface area contributed by atoms with Crippen molar-refractivity contribution < 1.29 is 22.3 Å². The molecule has 0 aliphatic carbocycles. The number of nitrogens with one attached hydrogen (secondary N) is 1. The molecular weight excluding hydrogens is 381 g/mol. The fraction of sp³-hybridized carbons (Fsp3) is 0.562. The second kappa shape index (κ2) is 8.12. The van der Waals surface area contributed by atoms with E-state index in [0.717, 1.165) is 10.6 Å². The highest BCUT2D eigenvalue weighted by Crippen LogP contribution is 2.37. The number of thioether (sulfide) groups is 1. The van der Waals surface area contributed by atoms with E-state index < -0.39 is 22.3 Å². The lowest BCUT2D eigenvalue weighted by molar-refractivity contribution is 0.0931. The van der Waals surface area contributed by atoms with Gasteiger partial charge in [-0.15, -0.1) is 11.8 Å². The molecule has 0 aromatic heterocycles. The van der Waals surface area contributed by atoms with E-state index >= 15 is 0 Å². The van der Waals surface area contributed by atoms with E-state index in [4.69, 9.17) is 4.74 Å². The van der Waals surface area contributed by atoms with E-state index in [2.05, 4.69) is 4.72 Å². The molecule has 0 saturated carbocycles. The molecule has 1 amide bonds. The summed E-state index contributed by atoms with van der Waals surface area (Å²) >= 11 is 1.60. The van der Waals surface area contributed by atoms with Crippen LogP contribution in [0.25, 0.3) is 0 Å². The lowest BCUT2D eigenvalue weighted by atomic mass is 10.0. The number of nitrogens with zero attached hydrogens (tertiary/aromatic N) is 2. The fourth-order valence-electron chi connectivity index (χ4n) is 3.07. The Bertz CT molecular complexity index is 767. The van der Waals surface area contributed by atoms with Gasteiger partial charge in [-0.05, 0) is 42.9 Å². The Balaban J connectivity index is 1.66. The normalized spacial score (nSPS) is 21.3. The first-order valence-corrected chi connectivity index (χ1v) is 10.9. The minimum Gasteiger partial charge on any atom is -0.450 e. The Kier molecular flexibility index (Phi) is 6.06. The largest absolute Gasteiger partial charge is 0.450 e. The number of fused-ring (bicyclic) bond motifs is 1. The van der Waals surface area contributed by atoms with Crippen LogP contribution in [0.3, 0.4) is 0 Å². The maximum absolute atomic E-state index is 13.6. The Morgan fingerprint density at radius 2 is 2.08 bits per heavy atom. The van der Waals surface area contributed by atoms with E-state index in [1.54, 1.807) is 24.8 Å². The highest BCUT2D eigenvalue weighted by molar-refractivity contribution is 7.99. The van der Waals surface area contributed by atoms with Gasteiger partial charge in [-0.1, -0.05) is 0 Å². The van der Waals surface area contributed by atoms with E-state index in [1.165, 1.54) is 21.3 Å². The van der Waals surface area contributed by atoms with Gasteiger partial charge in [-0.25, -0.2) is 9.18 Å². The van der Waals surface area contributed by atoms with Crippen LogP contribution in [-0.4, -0.2) is 62.3 Å². The van der Waals surface area contributed by atoms with Gasteiger partial charge in [0.2, 0.25) is 0 Å². The lowest BCUT2D eigenvalue weighted by Crippen LogP contribution is -2.53. The smallest absolute Gasteiger partial charge is 0.409 e. The summed E-state index contributed by atoms with van der Waals surface area (Å²) in [4.78, 5) is 14.1. The molecule has 2 aliphatic heterocycles. The van der Waals surface area contributed by atoms with Crippen molar-refractivity contribution in [2.75, 3.05) is 38.5 Å². The SMILES string of the molecule is CCOC(=O)N1CCN(S(=O)(=O)NC2CCSc3ccc(F)cc32)CC1. The van der Waals surface area contributed by atoms with Gasteiger partial charge in [0.15, 0.2) is 0 Å². The van der Waals surface area contributed by atoms with E-state index in [1.807, 2.05) is 0 Å². The van der Waals surface area contributed by atoms with Crippen LogP contribution < -0.4 is 4.72 Å². The quantitative estimate of drug-likeness (QED) is 0.832. The molecule has 7 nitrogen and oxygen atoms in total. The average molecular weight is 404 g/mol. The van der Waals surface area contributed by atoms with Crippen molar-refractivity contribution in [2.45, 2.75) is 24.3 Å². The lowest BCUT2D eigenvalue weighted by Gasteiger charge is -2.35. The van der Waals surface area contributed by atoms with Crippen LogP contribution in [0.2, 0.25) is 0 Å². The van der Waals surface area contributed by atoms with E-state index in [9.17, 15) is 17.6 Å². The summed E-state index contributed by atoms with van der Waals surface area (Å²) in [6.07, 6.45) is 0.176. The molecule has 0 bridgehead atoms. The van der Waals surface area contributed by atoms with Gasteiger partial charge in [-0.3, -0.25) is 0 Å². The average Bonchev–Trinajstić information content (AvgIpc) is 2.62. The maximum Gasteiger partial charge on any atom is 0.409 e. The number of carbonyl (C=O) groups is 1. The summed E-state index contributed by atoms with van der Waals surface area (Å²) in [6, 6.07) is 4.02. The minimum atomic E-state index is -3.73. The monoisotopic (exact) mass is 403 g/mol. The van der Waals surface area contributed by atoms with E-state index in [-0.39, 0.29) is 38.6 Å². The zero-order chi connectivity index (χ0) is 18.7. The molecule has 10 heteroatoms. The number of hydrogen-bond donors (Lipinski definition) is 1. The molecule has 1 fully saturated rings. The zero-order valence-corrected chi connectivity index (χ0v) is 16.1. The number of carbonyl (C=O) groups excluding carboxylic acids is 1. The molecule has 2 heterocycles. The summed E-state index contributed by atoms with van der Waals surface area (Å²) in [5.41, 5.74) is 0.676. The van der Waals surface area contributed by atoms with Crippen molar-refractivity contribution in [1.82, 2.24) is 13.9 Å². The Morgan fingerprint density at radius 1 is 1.35 bits per heavy atom. The van der Waals surface area contributed by atoms with Gasteiger partial charge >= 0.3 is 6.09 Å². The highest BCUT2D eigenvalue weighted by atomic mass is 32.2. The number of rotatable bonds is 4. The first-order chi connectivity index (χ1) is 12.4. The van der Waals surface area contributed by atoms with Crippen LogP contribution in [0.5, 0.6) is 0 Å². The molecule has 1 aromatic carbocycles. The second-order valence-corrected chi connectivity index (χ2v) is 8.92. The third-order valence-electron chi connectivity index (χ3n) is 4.41. The van der Waals surface area contributed by atoms with Crippen LogP contribution in [0, 0.1) is 5.82 Å². The van der Waals surface area contributed by atoms with Crippen LogP contribution in [0.1, 0.15) is 24.9 Å². The first-order valence-electron chi connectivity index (χ1n) is 8.52. The predicted octanol–water partition coefficient (Wildman–Crippen LogP) is 1.97. The van der Waals surface area contributed by atoms with Crippen LogP contribution in [0.15, 0.2) is 23.1 Å². The molecule has 2 aliphatic rings. The molecule has 1 atom stereocenters. The highest BCUT2D eigenvalue weighted by Gasteiger charge is 2.32. The summed E-state index contributed by atoms with van der Waals surface area (Å²) in [7, 11) is -3.73. The van der Waals surface area contributed by atoms with Gasteiger partial charge in [0.1, 0.15) is 5.82 Å². The summed E-state index contributed by atoms with van der Waals surface area (Å²) in [5.74, 6) is 0.390. The molecule has 1 unspecified atom stereocenters. The third-order valence-corrected chi connectivity index (χ3v) is 7.16. The van der Waals surface area contributed by atoms with Crippen molar-refractivity contribution in [3.8, 4) is 0 Å². The van der Waals surface area contributed by atoms with Crippen molar-refractivity contribution in [1.29, 1.82) is 0 Å². The number of benzene rings is 1. The zero-order valence-electron chi connectivity index (χ0n) is 14.5. The molecule has 1 N–H and O–H groups in total. The van der Waals surface area contributed by atoms with Crippen molar-refractivity contribution in [3.05, 3.63) is 29.6 Å². The molecule has 144 valence electrons. The summed E-state index contributed by atoms with van der Waals surface area (Å²) < 4.78 is 48.0. The fourth-order valence-corrected chi connectivity index (χ4v) is 5.57. The number of amides is 1. The van der Waals surface area contributed by atoms with Crippen LogP contribution in [-0.2, 0) is 14.9 Å². The van der Waals surface area contributed by atoms with Crippen LogP contribution >= 0.6 is 11.8 Å². The van der Waals surface area contributed by atoms with Crippen molar-refractivity contribution >= 4 is 28.1 Å². The van der Waals surface area contributed by atoms with Gasteiger partial charge in [0, 0.05) is 37.1 Å². The Hall–Kier alpha value is -1.36. The van der Waals surface area contributed by atoms with Gasteiger partial charge in [0.25, 0.3) is 10.2 Å². The summed E-state index contributed by atoms with van der Waals surface area (Å²) in [6.45, 7) is 2.98. The molecular formula is C16H22FN3O4S2. The first kappa shape index (κ1) is 19.4. The minimum absolute atomic E-state index is 0.200. The van der Waals surface area contributed by atoms with Gasteiger partial charge in [0.05, 0.1) is 6.61 Å². The third kappa shape index (κ3) is 4.30. The number of ether oxygens (including phenoxy) is 1. The Morgan fingerprint density at radius 3 is 2.77 bits per heavy atom. The predicted molar refractivity (Wildman–Crippen MR) is 96.7 cm³/mol. The van der Waals surface area contributed by atoms with E-state index in [0.29, 0.717) is 12.0 Å². The van der Waals surface area contributed by atoms with Crippen LogP contribution in [0.4, 0.5) is 9.18 Å². The number of hydrogen-bond acceptors (Lipinski definition) is 5.